The van der Waals surface area contributed by atoms with Crippen molar-refractivity contribution in [2.24, 2.45) is 5.92 Å². The van der Waals surface area contributed by atoms with Crippen LogP contribution >= 0.6 is 27.7 Å². The van der Waals surface area contributed by atoms with Crippen molar-refractivity contribution in [3.63, 3.8) is 0 Å². The molecule has 130 valence electrons. The molecule has 0 aromatic heterocycles. The Morgan fingerprint density at radius 2 is 1.88 bits per heavy atom. The molecule has 0 saturated carbocycles. The Morgan fingerprint density at radius 3 is 2.42 bits per heavy atom. The van der Waals surface area contributed by atoms with Gasteiger partial charge in [0.05, 0.1) is 6.07 Å². The molecular formula is C18H24BrN3OS. The summed E-state index contributed by atoms with van der Waals surface area (Å²) in [4.78, 5) is 17.7. The number of nitriles is 1. The van der Waals surface area contributed by atoms with E-state index in [1.165, 1.54) is 4.90 Å². The summed E-state index contributed by atoms with van der Waals surface area (Å²) in [6.45, 7) is 7.19. The van der Waals surface area contributed by atoms with Crippen molar-refractivity contribution in [2.45, 2.75) is 31.2 Å². The number of benzene rings is 1. The lowest BCUT2D eigenvalue weighted by molar-refractivity contribution is -0.132. The summed E-state index contributed by atoms with van der Waals surface area (Å²) < 4.78 is 1.07. The van der Waals surface area contributed by atoms with Crippen LogP contribution in [0.2, 0.25) is 0 Å². The van der Waals surface area contributed by atoms with Crippen LogP contribution in [0.15, 0.2) is 33.6 Å². The van der Waals surface area contributed by atoms with Crippen molar-refractivity contribution >= 4 is 33.6 Å². The Morgan fingerprint density at radius 1 is 1.25 bits per heavy atom. The Labute approximate surface area is 157 Å². The molecule has 0 N–H and O–H groups in total. The van der Waals surface area contributed by atoms with E-state index in [1.54, 1.807) is 11.8 Å². The minimum Gasteiger partial charge on any atom is -0.340 e. The molecule has 6 heteroatoms. The lowest BCUT2D eigenvalue weighted by Crippen LogP contribution is -2.52. The summed E-state index contributed by atoms with van der Waals surface area (Å²) in [5.74, 6) is 1.34. The van der Waals surface area contributed by atoms with Crippen molar-refractivity contribution in [1.82, 2.24) is 9.80 Å². The first-order chi connectivity index (χ1) is 11.5. The third-order valence-electron chi connectivity index (χ3n) is 4.22. The van der Waals surface area contributed by atoms with E-state index in [9.17, 15) is 10.1 Å². The van der Waals surface area contributed by atoms with Crippen LogP contribution in [-0.2, 0) is 4.79 Å². The zero-order valence-corrected chi connectivity index (χ0v) is 16.6. The van der Waals surface area contributed by atoms with Crippen LogP contribution in [0.3, 0.4) is 0 Å². The molecule has 0 radical (unpaired) electrons. The third kappa shape index (κ3) is 5.51. The molecule has 1 aliphatic rings. The molecule has 1 aliphatic heterocycles. The number of carbonyl (C=O) groups excluding carboxylic acids is 1. The second kappa shape index (κ2) is 9.45. The summed E-state index contributed by atoms with van der Waals surface area (Å²) >= 11 is 5.14. The summed E-state index contributed by atoms with van der Waals surface area (Å²) in [5.41, 5.74) is 0. The van der Waals surface area contributed by atoms with Crippen molar-refractivity contribution in [3.8, 4) is 6.07 Å². The molecular weight excluding hydrogens is 386 g/mol. The van der Waals surface area contributed by atoms with E-state index < -0.39 is 0 Å². The monoisotopic (exact) mass is 409 g/mol. The van der Waals surface area contributed by atoms with Gasteiger partial charge in [-0.1, -0.05) is 29.8 Å². The standard InChI is InChI=1S/C18H24BrN3OS/c1-14(2)17(13-20)21-8-10-22(11-9-21)18(23)7-12-24-16-5-3-15(19)4-6-16/h3-6,14,17H,7-12H2,1-2H3. The van der Waals surface area contributed by atoms with E-state index in [1.807, 2.05) is 17.0 Å². The van der Waals surface area contributed by atoms with Gasteiger partial charge >= 0.3 is 0 Å². The molecule has 24 heavy (non-hydrogen) atoms. The molecule has 0 bridgehead atoms. The van der Waals surface area contributed by atoms with Gasteiger partial charge in [0, 0.05) is 47.7 Å². The molecule has 0 aliphatic carbocycles. The highest BCUT2D eigenvalue weighted by Gasteiger charge is 2.27. The predicted octanol–water partition coefficient (Wildman–Crippen LogP) is 3.62. The lowest BCUT2D eigenvalue weighted by atomic mass is 10.0. The molecule has 1 amide bonds. The maximum atomic E-state index is 12.3. The van der Waals surface area contributed by atoms with Crippen LogP contribution in [0.1, 0.15) is 20.3 Å². The van der Waals surface area contributed by atoms with E-state index in [0.29, 0.717) is 12.3 Å². The van der Waals surface area contributed by atoms with Crippen LogP contribution in [0.25, 0.3) is 0 Å². The molecule has 1 heterocycles. The minimum absolute atomic E-state index is 0.0461. The Hall–Kier alpha value is -1.03. The van der Waals surface area contributed by atoms with Crippen LogP contribution in [0.5, 0.6) is 0 Å². The number of hydrogen-bond donors (Lipinski definition) is 0. The number of piperazine rings is 1. The molecule has 1 unspecified atom stereocenters. The van der Waals surface area contributed by atoms with Gasteiger partial charge in [0.15, 0.2) is 0 Å². The quantitative estimate of drug-likeness (QED) is 0.672. The summed E-state index contributed by atoms with van der Waals surface area (Å²) in [6, 6.07) is 10.5. The van der Waals surface area contributed by atoms with Crippen LogP contribution in [-0.4, -0.2) is 53.7 Å². The van der Waals surface area contributed by atoms with Crippen LogP contribution < -0.4 is 0 Å². The van der Waals surface area contributed by atoms with E-state index in [4.69, 9.17) is 0 Å². The highest BCUT2D eigenvalue weighted by molar-refractivity contribution is 9.10. The van der Waals surface area contributed by atoms with E-state index in [0.717, 1.165) is 36.4 Å². The van der Waals surface area contributed by atoms with Gasteiger partial charge in [-0.25, -0.2) is 0 Å². The number of amides is 1. The molecule has 0 spiro atoms. The van der Waals surface area contributed by atoms with Crippen LogP contribution in [0, 0.1) is 17.2 Å². The van der Waals surface area contributed by atoms with E-state index in [2.05, 4.69) is 52.9 Å². The van der Waals surface area contributed by atoms with Gasteiger partial charge < -0.3 is 4.90 Å². The molecule has 1 atom stereocenters. The number of halogens is 1. The highest BCUT2D eigenvalue weighted by Crippen LogP contribution is 2.22. The number of nitrogens with zero attached hydrogens (tertiary/aromatic N) is 3. The number of rotatable bonds is 6. The molecule has 2 rings (SSSR count). The fourth-order valence-corrected chi connectivity index (χ4v) is 3.95. The van der Waals surface area contributed by atoms with E-state index in [-0.39, 0.29) is 11.9 Å². The fourth-order valence-electron chi connectivity index (χ4n) is 2.85. The first kappa shape index (κ1) is 19.3. The third-order valence-corrected chi connectivity index (χ3v) is 5.76. The van der Waals surface area contributed by atoms with Gasteiger partial charge in [0.2, 0.25) is 5.91 Å². The summed E-state index contributed by atoms with van der Waals surface area (Å²) in [5, 5.41) is 9.29. The summed E-state index contributed by atoms with van der Waals surface area (Å²) in [7, 11) is 0. The zero-order valence-electron chi connectivity index (χ0n) is 14.2. The SMILES string of the molecule is CC(C)C(C#N)N1CCN(C(=O)CCSc2ccc(Br)cc2)CC1. The average molecular weight is 410 g/mol. The number of thioether (sulfide) groups is 1. The molecule has 1 saturated heterocycles. The van der Waals surface area contributed by atoms with Crippen molar-refractivity contribution in [3.05, 3.63) is 28.7 Å². The van der Waals surface area contributed by atoms with Gasteiger partial charge in [0.1, 0.15) is 6.04 Å². The van der Waals surface area contributed by atoms with E-state index >= 15 is 0 Å². The predicted molar refractivity (Wildman–Crippen MR) is 102 cm³/mol. The maximum Gasteiger partial charge on any atom is 0.223 e. The van der Waals surface area contributed by atoms with Gasteiger partial charge in [-0.15, -0.1) is 11.8 Å². The van der Waals surface area contributed by atoms with Gasteiger partial charge in [-0.3, -0.25) is 9.69 Å². The topological polar surface area (TPSA) is 47.3 Å². The van der Waals surface area contributed by atoms with Gasteiger partial charge in [0.25, 0.3) is 0 Å². The first-order valence-electron chi connectivity index (χ1n) is 8.31. The Balaban J connectivity index is 1.73. The van der Waals surface area contributed by atoms with Gasteiger partial charge in [-0.2, -0.15) is 5.26 Å². The molecule has 1 fully saturated rings. The largest absolute Gasteiger partial charge is 0.340 e. The fraction of sp³-hybridized carbons (Fsp3) is 0.556. The zero-order chi connectivity index (χ0) is 17.5. The molecule has 4 nitrogen and oxygen atoms in total. The van der Waals surface area contributed by atoms with Crippen LogP contribution in [0.4, 0.5) is 0 Å². The van der Waals surface area contributed by atoms with Gasteiger partial charge in [-0.05, 0) is 30.2 Å². The highest BCUT2D eigenvalue weighted by atomic mass is 79.9. The maximum absolute atomic E-state index is 12.3. The smallest absolute Gasteiger partial charge is 0.223 e. The van der Waals surface area contributed by atoms with Crippen molar-refractivity contribution in [1.29, 1.82) is 5.26 Å². The second-order valence-corrected chi connectivity index (χ2v) is 8.37. The molecule has 1 aromatic carbocycles. The van der Waals surface area contributed by atoms with Crippen molar-refractivity contribution in [2.75, 3.05) is 31.9 Å². The first-order valence-corrected chi connectivity index (χ1v) is 10.1. The molecule has 1 aromatic rings. The number of carbonyl (C=O) groups is 1. The van der Waals surface area contributed by atoms with Crippen molar-refractivity contribution < 1.29 is 4.79 Å². The number of hydrogen-bond acceptors (Lipinski definition) is 4. The normalized spacial score (nSPS) is 16.9. The average Bonchev–Trinajstić information content (AvgIpc) is 2.57. The summed E-state index contributed by atoms with van der Waals surface area (Å²) in [6.07, 6.45) is 0.562. The Bertz CT molecular complexity index is 577. The Kier molecular flexibility index (Phi) is 7.60. The minimum atomic E-state index is -0.0461. The lowest BCUT2D eigenvalue weighted by Gasteiger charge is -2.38. The second-order valence-electron chi connectivity index (χ2n) is 6.29.